The Labute approximate surface area is 180 Å². The fourth-order valence-corrected chi connectivity index (χ4v) is 4.08. The first-order valence-corrected chi connectivity index (χ1v) is 10.3. The zero-order valence-electron chi connectivity index (χ0n) is 16.6. The van der Waals surface area contributed by atoms with Gasteiger partial charge in [0.2, 0.25) is 0 Å². The third-order valence-corrected chi connectivity index (χ3v) is 5.40. The summed E-state index contributed by atoms with van der Waals surface area (Å²) in [7, 11) is 0. The summed E-state index contributed by atoms with van der Waals surface area (Å²) >= 11 is 5.60. The van der Waals surface area contributed by atoms with Crippen LogP contribution in [0.4, 0.5) is 0 Å². The van der Waals surface area contributed by atoms with Crippen LogP contribution in [-0.4, -0.2) is 43.7 Å². The molecule has 30 heavy (non-hydrogen) atoms. The summed E-state index contributed by atoms with van der Waals surface area (Å²) in [6.07, 6.45) is 7.41. The van der Waals surface area contributed by atoms with Gasteiger partial charge >= 0.3 is 5.97 Å². The van der Waals surface area contributed by atoms with Crippen LogP contribution in [0.3, 0.4) is 0 Å². The number of aromatic nitrogens is 3. The lowest BCUT2D eigenvalue weighted by atomic mass is 10.0. The van der Waals surface area contributed by atoms with Crippen molar-refractivity contribution in [2.45, 2.75) is 25.6 Å². The number of ether oxygens (including phenoxy) is 1. The molecule has 0 unspecified atom stereocenters. The van der Waals surface area contributed by atoms with Gasteiger partial charge in [-0.15, -0.1) is 0 Å². The summed E-state index contributed by atoms with van der Waals surface area (Å²) < 4.78 is 7.34. The fraction of sp³-hybridized carbons (Fsp3) is 0.273. The Bertz CT molecular complexity index is 1010. The van der Waals surface area contributed by atoms with Crippen molar-refractivity contribution in [2.24, 2.45) is 0 Å². The van der Waals surface area contributed by atoms with Crippen molar-refractivity contribution in [2.75, 3.05) is 13.2 Å². The molecule has 0 aliphatic carbocycles. The molecule has 1 aliphatic heterocycles. The van der Waals surface area contributed by atoms with Crippen molar-refractivity contribution < 1.29 is 9.53 Å². The SMILES string of the molecule is CCOC(=O)CN1C(=S)N[C@@H](c2ccccn2)[C@H]1c1cccn1Cc1cccnc1. The maximum Gasteiger partial charge on any atom is 0.325 e. The fourth-order valence-electron chi connectivity index (χ4n) is 3.77. The molecular weight excluding hydrogens is 398 g/mol. The molecule has 3 aromatic heterocycles. The van der Waals surface area contributed by atoms with Crippen LogP contribution in [0.25, 0.3) is 0 Å². The summed E-state index contributed by atoms with van der Waals surface area (Å²) in [5.41, 5.74) is 2.99. The molecule has 1 saturated heterocycles. The minimum Gasteiger partial charge on any atom is -0.465 e. The Morgan fingerprint density at radius 3 is 2.83 bits per heavy atom. The second kappa shape index (κ2) is 9.04. The summed E-state index contributed by atoms with van der Waals surface area (Å²) in [5.74, 6) is -0.307. The summed E-state index contributed by atoms with van der Waals surface area (Å²) in [5, 5.41) is 3.87. The zero-order chi connectivity index (χ0) is 20.9. The number of thiocarbonyl (C=S) groups is 1. The first-order chi connectivity index (χ1) is 14.7. The van der Waals surface area contributed by atoms with Crippen LogP contribution in [0.15, 0.2) is 67.3 Å². The highest BCUT2D eigenvalue weighted by molar-refractivity contribution is 7.80. The molecule has 0 bridgehead atoms. The normalized spacial score (nSPS) is 18.3. The van der Waals surface area contributed by atoms with Crippen molar-refractivity contribution >= 4 is 23.3 Å². The minimum atomic E-state index is -0.307. The molecule has 3 aromatic rings. The largest absolute Gasteiger partial charge is 0.465 e. The van der Waals surface area contributed by atoms with Gasteiger partial charge in [-0.25, -0.2) is 0 Å². The molecule has 154 valence electrons. The molecule has 2 atom stereocenters. The number of rotatable bonds is 7. The van der Waals surface area contributed by atoms with Crippen LogP contribution in [-0.2, 0) is 16.1 Å². The summed E-state index contributed by atoms with van der Waals surface area (Å²) in [4.78, 5) is 22.9. The van der Waals surface area contributed by atoms with Gasteiger partial charge in [0.05, 0.1) is 24.4 Å². The third kappa shape index (κ3) is 4.18. The molecule has 8 heteroatoms. The number of pyridine rings is 2. The average molecular weight is 422 g/mol. The van der Waals surface area contributed by atoms with Gasteiger partial charge in [-0.05, 0) is 55.0 Å². The molecule has 1 N–H and O–H groups in total. The highest BCUT2D eigenvalue weighted by Crippen LogP contribution is 2.38. The lowest BCUT2D eigenvalue weighted by molar-refractivity contribution is -0.143. The second-order valence-corrected chi connectivity index (χ2v) is 7.37. The van der Waals surface area contributed by atoms with Crippen LogP contribution in [0, 0.1) is 0 Å². The highest BCUT2D eigenvalue weighted by Gasteiger charge is 2.42. The lowest BCUT2D eigenvalue weighted by Crippen LogP contribution is -2.36. The molecule has 0 saturated carbocycles. The quantitative estimate of drug-likeness (QED) is 0.465. The first-order valence-electron chi connectivity index (χ1n) is 9.85. The van der Waals surface area contributed by atoms with Crippen LogP contribution < -0.4 is 5.32 Å². The number of esters is 1. The molecule has 0 spiro atoms. The Balaban J connectivity index is 1.71. The van der Waals surface area contributed by atoms with E-state index in [1.54, 1.807) is 19.3 Å². The molecule has 0 aromatic carbocycles. The number of carbonyl (C=O) groups is 1. The Hall–Kier alpha value is -3.26. The monoisotopic (exact) mass is 421 g/mol. The van der Waals surface area contributed by atoms with E-state index in [4.69, 9.17) is 17.0 Å². The van der Waals surface area contributed by atoms with Crippen molar-refractivity contribution in [1.29, 1.82) is 0 Å². The number of carbonyl (C=O) groups excluding carboxylic acids is 1. The van der Waals surface area contributed by atoms with Crippen molar-refractivity contribution in [1.82, 2.24) is 24.8 Å². The van der Waals surface area contributed by atoms with Gasteiger partial charge in [0, 0.05) is 37.0 Å². The number of hydrogen-bond acceptors (Lipinski definition) is 5. The van der Waals surface area contributed by atoms with Crippen molar-refractivity contribution in [3.8, 4) is 0 Å². The van der Waals surface area contributed by atoms with E-state index in [-0.39, 0.29) is 24.6 Å². The van der Waals surface area contributed by atoms with Crippen molar-refractivity contribution in [3.63, 3.8) is 0 Å². The van der Waals surface area contributed by atoms with E-state index in [1.807, 2.05) is 53.7 Å². The van der Waals surface area contributed by atoms with Crippen molar-refractivity contribution in [3.05, 3.63) is 84.2 Å². The van der Waals surface area contributed by atoms with Crippen LogP contribution in [0.2, 0.25) is 0 Å². The van der Waals surface area contributed by atoms with E-state index < -0.39 is 0 Å². The lowest BCUT2D eigenvalue weighted by Gasteiger charge is -2.28. The highest BCUT2D eigenvalue weighted by atomic mass is 32.1. The maximum atomic E-state index is 12.3. The summed E-state index contributed by atoms with van der Waals surface area (Å²) in [6, 6.07) is 13.4. The molecule has 0 amide bonds. The predicted molar refractivity (Wildman–Crippen MR) is 117 cm³/mol. The van der Waals surface area contributed by atoms with Gasteiger partial charge in [-0.2, -0.15) is 0 Å². The molecular formula is C22H23N5O2S. The topological polar surface area (TPSA) is 72.3 Å². The van der Waals surface area contributed by atoms with Gasteiger partial charge in [0.15, 0.2) is 5.11 Å². The van der Waals surface area contributed by atoms with Crippen LogP contribution in [0.1, 0.15) is 36.0 Å². The van der Waals surface area contributed by atoms with Crippen LogP contribution in [0.5, 0.6) is 0 Å². The van der Waals surface area contributed by atoms with E-state index in [9.17, 15) is 4.79 Å². The minimum absolute atomic E-state index is 0.0751. The number of nitrogens with one attached hydrogen (secondary N) is 1. The molecule has 1 aliphatic rings. The van der Waals surface area contributed by atoms with Crippen LogP contribution >= 0.6 is 12.2 Å². The number of hydrogen-bond donors (Lipinski definition) is 1. The average Bonchev–Trinajstić information content (AvgIpc) is 3.34. The maximum absolute atomic E-state index is 12.3. The molecule has 4 rings (SSSR count). The second-order valence-electron chi connectivity index (χ2n) is 6.98. The van der Waals surface area contributed by atoms with E-state index in [0.29, 0.717) is 18.3 Å². The van der Waals surface area contributed by atoms with Gasteiger partial charge in [-0.3, -0.25) is 14.8 Å². The predicted octanol–water partition coefficient (Wildman–Crippen LogP) is 2.86. The smallest absolute Gasteiger partial charge is 0.325 e. The Morgan fingerprint density at radius 1 is 1.20 bits per heavy atom. The molecule has 4 heterocycles. The van der Waals surface area contributed by atoms with E-state index in [1.165, 1.54) is 0 Å². The molecule has 7 nitrogen and oxygen atoms in total. The van der Waals surface area contributed by atoms with Gasteiger partial charge in [-0.1, -0.05) is 12.1 Å². The Kier molecular flexibility index (Phi) is 6.04. The van der Waals surface area contributed by atoms with E-state index >= 15 is 0 Å². The van der Waals surface area contributed by atoms with Gasteiger partial charge in [0.25, 0.3) is 0 Å². The van der Waals surface area contributed by atoms with Gasteiger partial charge in [0.1, 0.15) is 6.54 Å². The summed E-state index contributed by atoms with van der Waals surface area (Å²) in [6.45, 7) is 2.87. The molecule has 1 fully saturated rings. The molecule has 0 radical (unpaired) electrons. The van der Waals surface area contributed by atoms with E-state index in [2.05, 4.69) is 25.9 Å². The standard InChI is InChI=1S/C22H23N5O2S/c1-2-29-19(28)15-27-21(20(25-22(27)30)17-8-3-4-11-24-17)18-9-6-12-26(18)14-16-7-5-10-23-13-16/h3-13,20-21H,2,14-15H2,1H3,(H,25,30)/t20-,21+/m0/s1. The van der Waals surface area contributed by atoms with Gasteiger partial charge < -0.3 is 19.5 Å². The Morgan fingerprint density at radius 2 is 2.10 bits per heavy atom. The number of nitrogens with zero attached hydrogens (tertiary/aromatic N) is 4. The first kappa shape index (κ1) is 20.0. The third-order valence-electron chi connectivity index (χ3n) is 5.05. The van der Waals surface area contributed by atoms with E-state index in [0.717, 1.165) is 17.0 Å². The zero-order valence-corrected chi connectivity index (χ0v) is 17.5.